The smallest absolute Gasteiger partial charge is 0.273 e. The normalized spacial score (nSPS) is 28.2. The van der Waals surface area contributed by atoms with Crippen molar-refractivity contribution in [1.29, 1.82) is 0 Å². The lowest BCUT2D eigenvalue weighted by Gasteiger charge is -2.39. The Labute approximate surface area is 145 Å². The van der Waals surface area contributed by atoms with E-state index in [0.717, 1.165) is 11.1 Å². The van der Waals surface area contributed by atoms with Crippen molar-refractivity contribution < 1.29 is 9.09 Å². The fraction of sp³-hybridized carbons (Fsp3) is 0.400. The van der Waals surface area contributed by atoms with Gasteiger partial charge in [0.2, 0.25) is 0 Å². The molecule has 0 amide bonds. The van der Waals surface area contributed by atoms with Crippen LogP contribution in [0.4, 0.5) is 0 Å². The molecule has 1 heterocycles. The molecule has 1 aliphatic heterocycles. The molecular formula is C20H26NO2P. The Morgan fingerprint density at radius 1 is 0.958 bits per heavy atom. The maximum atomic E-state index is 13.6. The Balaban J connectivity index is 2.17. The fourth-order valence-electron chi connectivity index (χ4n) is 3.56. The molecule has 2 aromatic rings. The van der Waals surface area contributed by atoms with Gasteiger partial charge in [0.1, 0.15) is 6.10 Å². The van der Waals surface area contributed by atoms with Gasteiger partial charge in [0.05, 0.1) is 6.04 Å². The molecule has 3 unspecified atom stereocenters. The SMILES string of the molecule is CCP1(=O)OC(c2ccccc2)C(c2ccccc2)N1C(C)(C)C. The van der Waals surface area contributed by atoms with Crippen molar-refractivity contribution in [3.63, 3.8) is 0 Å². The monoisotopic (exact) mass is 343 g/mol. The minimum Gasteiger partial charge on any atom is -0.307 e. The number of hydrogen-bond acceptors (Lipinski definition) is 2. The van der Waals surface area contributed by atoms with Crippen LogP contribution in [0, 0.1) is 0 Å². The summed E-state index contributed by atoms with van der Waals surface area (Å²) in [5.41, 5.74) is 1.97. The van der Waals surface area contributed by atoms with Crippen LogP contribution >= 0.6 is 7.52 Å². The summed E-state index contributed by atoms with van der Waals surface area (Å²) >= 11 is 0. The quantitative estimate of drug-likeness (QED) is 0.658. The molecule has 0 spiro atoms. The zero-order chi connectivity index (χ0) is 17.4. The molecule has 2 aromatic carbocycles. The molecule has 0 aliphatic carbocycles. The summed E-state index contributed by atoms with van der Waals surface area (Å²) in [4.78, 5) is 0. The van der Waals surface area contributed by atoms with E-state index in [1.54, 1.807) is 0 Å². The Morgan fingerprint density at radius 2 is 1.46 bits per heavy atom. The predicted octanol–water partition coefficient (Wildman–Crippen LogP) is 5.81. The summed E-state index contributed by atoms with van der Waals surface area (Å²) in [6.07, 6.45) is 0.287. The Bertz CT molecular complexity index is 724. The number of nitrogens with zero attached hydrogens (tertiary/aromatic N) is 1. The van der Waals surface area contributed by atoms with Gasteiger partial charge in [-0.2, -0.15) is 0 Å². The first kappa shape index (κ1) is 17.4. The molecule has 24 heavy (non-hydrogen) atoms. The molecule has 0 N–H and O–H groups in total. The predicted molar refractivity (Wildman–Crippen MR) is 99.2 cm³/mol. The van der Waals surface area contributed by atoms with E-state index in [4.69, 9.17) is 4.52 Å². The van der Waals surface area contributed by atoms with Crippen LogP contribution in [-0.4, -0.2) is 16.4 Å². The van der Waals surface area contributed by atoms with Gasteiger partial charge < -0.3 is 4.52 Å². The van der Waals surface area contributed by atoms with Crippen LogP contribution in [0.1, 0.15) is 51.0 Å². The number of hydrogen-bond donors (Lipinski definition) is 0. The lowest BCUT2D eigenvalue weighted by atomic mass is 9.93. The molecule has 0 aromatic heterocycles. The van der Waals surface area contributed by atoms with Crippen LogP contribution in [0.2, 0.25) is 0 Å². The molecular weight excluding hydrogens is 317 g/mol. The van der Waals surface area contributed by atoms with E-state index in [0.29, 0.717) is 6.16 Å². The zero-order valence-electron chi connectivity index (χ0n) is 14.8. The second-order valence-corrected chi connectivity index (χ2v) is 9.81. The Hall–Kier alpha value is -1.41. The van der Waals surface area contributed by atoms with Crippen LogP contribution in [-0.2, 0) is 9.09 Å². The van der Waals surface area contributed by atoms with Crippen LogP contribution in [0.5, 0.6) is 0 Å². The van der Waals surface area contributed by atoms with E-state index in [9.17, 15) is 4.57 Å². The van der Waals surface area contributed by atoms with E-state index in [1.807, 2.05) is 43.3 Å². The third kappa shape index (κ3) is 3.09. The highest BCUT2D eigenvalue weighted by Crippen LogP contribution is 2.69. The summed E-state index contributed by atoms with van der Waals surface area (Å²) < 4.78 is 22.0. The van der Waals surface area contributed by atoms with Crippen molar-refractivity contribution in [2.75, 3.05) is 6.16 Å². The van der Waals surface area contributed by atoms with Gasteiger partial charge in [0, 0.05) is 11.7 Å². The van der Waals surface area contributed by atoms with Crippen LogP contribution in [0.15, 0.2) is 60.7 Å². The zero-order valence-corrected chi connectivity index (χ0v) is 15.7. The first-order valence-corrected chi connectivity index (χ1v) is 10.3. The van der Waals surface area contributed by atoms with Crippen molar-refractivity contribution >= 4 is 7.52 Å². The van der Waals surface area contributed by atoms with Crippen LogP contribution in [0.3, 0.4) is 0 Å². The van der Waals surface area contributed by atoms with E-state index < -0.39 is 7.52 Å². The minimum absolute atomic E-state index is 0.0561. The molecule has 1 aliphatic rings. The summed E-state index contributed by atoms with van der Waals surface area (Å²) in [6, 6.07) is 20.4. The molecule has 0 saturated carbocycles. The van der Waals surface area contributed by atoms with Crippen molar-refractivity contribution in [3.8, 4) is 0 Å². The van der Waals surface area contributed by atoms with Gasteiger partial charge in [0.15, 0.2) is 0 Å². The van der Waals surface area contributed by atoms with Gasteiger partial charge in [-0.05, 0) is 31.9 Å². The van der Waals surface area contributed by atoms with Gasteiger partial charge in [-0.25, -0.2) is 4.67 Å². The average molecular weight is 343 g/mol. The molecule has 0 bridgehead atoms. The fourth-order valence-corrected chi connectivity index (χ4v) is 6.25. The van der Waals surface area contributed by atoms with Crippen LogP contribution in [0.25, 0.3) is 0 Å². The largest absolute Gasteiger partial charge is 0.307 e. The highest BCUT2D eigenvalue weighted by atomic mass is 31.2. The molecule has 4 heteroatoms. The standard InChI is InChI=1S/C20H26NO2P/c1-5-24(22)21(20(2,3)4)18(16-12-8-6-9-13-16)19(23-24)17-14-10-7-11-15-17/h6-15,18-19H,5H2,1-4H3. The van der Waals surface area contributed by atoms with E-state index in [-0.39, 0.29) is 17.7 Å². The lowest BCUT2D eigenvalue weighted by molar-refractivity contribution is 0.155. The highest BCUT2D eigenvalue weighted by molar-refractivity contribution is 7.56. The molecule has 3 rings (SSSR count). The summed E-state index contributed by atoms with van der Waals surface area (Å²) in [5, 5.41) is 0. The van der Waals surface area contributed by atoms with Gasteiger partial charge in [-0.15, -0.1) is 0 Å². The van der Waals surface area contributed by atoms with Crippen molar-refractivity contribution in [2.45, 2.75) is 45.4 Å². The molecule has 0 radical (unpaired) electrons. The summed E-state index contributed by atoms with van der Waals surface area (Å²) in [7, 11) is -2.89. The molecule has 3 nitrogen and oxygen atoms in total. The Kier molecular flexibility index (Phi) is 4.70. The molecule has 1 fully saturated rings. The van der Waals surface area contributed by atoms with Gasteiger partial charge >= 0.3 is 0 Å². The second kappa shape index (κ2) is 6.48. The Morgan fingerprint density at radius 3 is 1.92 bits per heavy atom. The second-order valence-electron chi connectivity index (χ2n) is 7.26. The van der Waals surface area contributed by atoms with E-state index >= 15 is 0 Å². The maximum Gasteiger partial charge on any atom is 0.273 e. The molecule has 1 saturated heterocycles. The lowest BCUT2D eigenvalue weighted by Crippen LogP contribution is -2.39. The third-order valence-electron chi connectivity index (χ3n) is 4.51. The molecule has 128 valence electrons. The number of benzene rings is 2. The minimum atomic E-state index is -2.89. The maximum absolute atomic E-state index is 13.6. The third-order valence-corrected chi connectivity index (χ3v) is 7.37. The topological polar surface area (TPSA) is 29.5 Å². The van der Waals surface area contributed by atoms with E-state index in [1.165, 1.54) is 0 Å². The van der Waals surface area contributed by atoms with E-state index in [2.05, 4.69) is 49.7 Å². The van der Waals surface area contributed by atoms with Gasteiger partial charge in [0.25, 0.3) is 7.52 Å². The summed E-state index contributed by atoms with van der Waals surface area (Å²) in [5.74, 6) is 0. The summed E-state index contributed by atoms with van der Waals surface area (Å²) in [6.45, 7) is 8.29. The van der Waals surface area contributed by atoms with Gasteiger partial charge in [-0.1, -0.05) is 67.6 Å². The average Bonchev–Trinajstić information content (AvgIpc) is 2.91. The van der Waals surface area contributed by atoms with Crippen LogP contribution < -0.4 is 0 Å². The first-order valence-electron chi connectivity index (χ1n) is 8.54. The van der Waals surface area contributed by atoms with Crippen molar-refractivity contribution in [3.05, 3.63) is 71.8 Å². The van der Waals surface area contributed by atoms with Gasteiger partial charge in [-0.3, -0.25) is 4.57 Å². The van der Waals surface area contributed by atoms with Crippen molar-refractivity contribution in [1.82, 2.24) is 4.67 Å². The van der Waals surface area contributed by atoms with Crippen molar-refractivity contribution in [2.24, 2.45) is 0 Å². The highest BCUT2D eigenvalue weighted by Gasteiger charge is 2.54. The number of rotatable bonds is 3. The molecule has 3 atom stereocenters. The first-order chi connectivity index (χ1) is 11.4.